The molecule has 1 heterocycles. The van der Waals surface area contributed by atoms with E-state index in [9.17, 15) is 34.5 Å². The van der Waals surface area contributed by atoms with Crippen LogP contribution in [0.1, 0.15) is 31.7 Å². The van der Waals surface area contributed by atoms with Crippen molar-refractivity contribution in [3.63, 3.8) is 0 Å². The highest BCUT2D eigenvalue weighted by Gasteiger charge is 2.31. The van der Waals surface area contributed by atoms with Crippen LogP contribution in [0.2, 0.25) is 0 Å². The topological polar surface area (TPSA) is 168 Å². The fraction of sp³-hybridized carbons (Fsp3) is 0.448. The lowest BCUT2D eigenvalue weighted by molar-refractivity contribution is -0.142. The van der Waals surface area contributed by atoms with Crippen LogP contribution in [0, 0.1) is 5.92 Å². The summed E-state index contributed by atoms with van der Waals surface area (Å²) in [5, 5.41) is 37.2. The van der Waals surface area contributed by atoms with Crippen LogP contribution in [-0.4, -0.2) is 88.5 Å². The maximum Gasteiger partial charge on any atom is 0.326 e. The Morgan fingerprint density at radius 3 is 2.25 bits per heavy atom. The highest BCUT2D eigenvalue weighted by atomic mass is 16.4. The van der Waals surface area contributed by atoms with Gasteiger partial charge in [-0.2, -0.15) is 0 Å². The first-order chi connectivity index (χ1) is 19.2. The number of nitrogens with zero attached hydrogens (tertiary/aromatic N) is 1. The maximum absolute atomic E-state index is 13.2. The molecule has 0 saturated carbocycles. The first kappa shape index (κ1) is 30.6. The monoisotopic (exact) mass is 554 g/mol. The first-order valence-electron chi connectivity index (χ1n) is 13.5. The average Bonchev–Trinajstić information content (AvgIpc) is 3.39. The minimum Gasteiger partial charge on any atom is -0.481 e. The number of hydrogen-bond donors (Lipinski definition) is 6. The molecule has 0 aliphatic carbocycles. The molecule has 1 aliphatic rings. The van der Waals surface area contributed by atoms with Crippen molar-refractivity contribution in [1.82, 2.24) is 20.9 Å². The quantitative estimate of drug-likeness (QED) is 0.205. The third-order valence-corrected chi connectivity index (χ3v) is 6.90. The summed E-state index contributed by atoms with van der Waals surface area (Å²) in [6, 6.07) is 14.7. The number of carboxylic acids is 2. The van der Waals surface area contributed by atoms with Gasteiger partial charge in [-0.3, -0.25) is 9.59 Å². The molecule has 3 rings (SSSR count). The summed E-state index contributed by atoms with van der Waals surface area (Å²) < 4.78 is 0. The molecule has 0 radical (unpaired) electrons. The number of hydrogen-bond acceptors (Lipinski definition) is 6. The predicted octanol–water partition coefficient (Wildman–Crippen LogP) is 1.70. The van der Waals surface area contributed by atoms with Gasteiger partial charge in [-0.1, -0.05) is 67.9 Å². The lowest BCUT2D eigenvalue weighted by Crippen LogP contribution is -2.52. The minimum atomic E-state index is -1.22. The van der Waals surface area contributed by atoms with E-state index < -0.39 is 48.0 Å². The van der Waals surface area contributed by atoms with Crippen molar-refractivity contribution in [2.75, 3.05) is 26.2 Å². The summed E-state index contributed by atoms with van der Waals surface area (Å²) >= 11 is 0. The molecule has 6 N–H and O–H groups in total. The second-order valence-corrected chi connectivity index (χ2v) is 10.0. The molecule has 3 amide bonds. The van der Waals surface area contributed by atoms with Crippen LogP contribution in [0.5, 0.6) is 0 Å². The van der Waals surface area contributed by atoms with Gasteiger partial charge in [0.05, 0.1) is 18.1 Å². The number of carbonyl (C=O) groups excluding carboxylic acids is 2. The van der Waals surface area contributed by atoms with E-state index in [4.69, 9.17) is 0 Å². The van der Waals surface area contributed by atoms with Crippen LogP contribution in [0.3, 0.4) is 0 Å². The van der Waals surface area contributed by atoms with Gasteiger partial charge in [0.15, 0.2) is 0 Å². The Labute approximate surface area is 233 Å². The van der Waals surface area contributed by atoms with Crippen molar-refractivity contribution in [3.05, 3.63) is 60.2 Å². The number of unbranched alkanes of at least 4 members (excludes halogenated alkanes) is 1. The van der Waals surface area contributed by atoms with E-state index in [1.807, 2.05) is 61.5 Å². The fourth-order valence-corrected chi connectivity index (χ4v) is 4.52. The Morgan fingerprint density at radius 1 is 1.00 bits per heavy atom. The second-order valence-electron chi connectivity index (χ2n) is 10.0. The smallest absolute Gasteiger partial charge is 0.326 e. The van der Waals surface area contributed by atoms with Crippen LogP contribution in [0.4, 0.5) is 4.79 Å². The van der Waals surface area contributed by atoms with Gasteiger partial charge in [0.1, 0.15) is 6.04 Å². The number of nitrogens with one attached hydrogen (secondary N) is 3. The molecule has 1 aliphatic heterocycles. The van der Waals surface area contributed by atoms with Gasteiger partial charge in [-0.25, -0.2) is 9.59 Å². The summed E-state index contributed by atoms with van der Waals surface area (Å²) in [5.41, 5.74) is 2.74. The molecule has 4 atom stereocenters. The number of urea groups is 1. The van der Waals surface area contributed by atoms with Gasteiger partial charge in [0, 0.05) is 32.6 Å². The maximum atomic E-state index is 13.2. The summed E-state index contributed by atoms with van der Waals surface area (Å²) in [5.74, 6) is -3.92. The lowest BCUT2D eigenvalue weighted by atomic mass is 10.0. The summed E-state index contributed by atoms with van der Waals surface area (Å²) in [7, 11) is 0. The Morgan fingerprint density at radius 2 is 1.68 bits per heavy atom. The molecular formula is C29H38N4O7. The number of amides is 3. The lowest BCUT2D eigenvalue weighted by Gasteiger charge is -2.28. The molecule has 11 heteroatoms. The number of carboxylic acid groups (broad SMARTS) is 2. The summed E-state index contributed by atoms with van der Waals surface area (Å²) in [6.45, 7) is 2.02. The van der Waals surface area contributed by atoms with Gasteiger partial charge in [-0.05, 0) is 29.5 Å². The van der Waals surface area contributed by atoms with Crippen molar-refractivity contribution in [2.45, 2.75) is 50.8 Å². The van der Waals surface area contributed by atoms with Crippen LogP contribution in [-0.2, 0) is 20.8 Å². The molecule has 216 valence electrons. The van der Waals surface area contributed by atoms with Gasteiger partial charge in [-0.15, -0.1) is 0 Å². The molecule has 11 nitrogen and oxygen atoms in total. The van der Waals surface area contributed by atoms with Crippen LogP contribution >= 0.6 is 0 Å². The summed E-state index contributed by atoms with van der Waals surface area (Å²) in [4.78, 5) is 50.8. The minimum absolute atomic E-state index is 0.0520. The van der Waals surface area contributed by atoms with Gasteiger partial charge in [0.25, 0.3) is 0 Å². The van der Waals surface area contributed by atoms with Gasteiger partial charge >= 0.3 is 18.0 Å². The third-order valence-electron chi connectivity index (χ3n) is 6.90. The van der Waals surface area contributed by atoms with Gasteiger partial charge < -0.3 is 36.2 Å². The van der Waals surface area contributed by atoms with Crippen LogP contribution in [0.15, 0.2) is 54.6 Å². The third kappa shape index (κ3) is 9.06. The van der Waals surface area contributed by atoms with Crippen molar-refractivity contribution in [3.8, 4) is 11.1 Å². The normalized spacial score (nSPS) is 17.9. The zero-order chi connectivity index (χ0) is 29.1. The molecular weight excluding hydrogens is 516 g/mol. The summed E-state index contributed by atoms with van der Waals surface area (Å²) in [6.07, 6.45) is 0.984. The number of aliphatic hydroxyl groups excluding tert-OH is 1. The molecule has 2 aromatic rings. The van der Waals surface area contributed by atoms with E-state index in [1.165, 1.54) is 4.90 Å². The molecule has 2 aromatic carbocycles. The number of aliphatic hydroxyl groups is 1. The highest BCUT2D eigenvalue weighted by molar-refractivity contribution is 5.84. The Kier molecular flexibility index (Phi) is 11.5. The van der Waals surface area contributed by atoms with E-state index in [0.717, 1.165) is 23.1 Å². The number of rotatable bonds is 14. The van der Waals surface area contributed by atoms with E-state index in [-0.39, 0.29) is 39.0 Å². The molecule has 1 fully saturated rings. The zero-order valence-corrected chi connectivity index (χ0v) is 22.6. The Bertz CT molecular complexity index is 1140. The number of aliphatic carboxylic acids is 2. The average molecular weight is 555 g/mol. The highest BCUT2D eigenvalue weighted by Crippen LogP contribution is 2.20. The molecule has 0 bridgehead atoms. The number of β-amino-alcohol motifs (C(OH)–C–C–N with tert-alkyl or cyclic N) is 1. The number of carbonyl (C=O) groups is 4. The second kappa shape index (κ2) is 15.0. The van der Waals surface area contributed by atoms with E-state index >= 15 is 0 Å². The predicted molar refractivity (Wildman–Crippen MR) is 149 cm³/mol. The van der Waals surface area contributed by atoms with Crippen molar-refractivity contribution in [1.29, 1.82) is 0 Å². The van der Waals surface area contributed by atoms with Gasteiger partial charge in [0.2, 0.25) is 5.91 Å². The van der Waals surface area contributed by atoms with Crippen molar-refractivity contribution < 1.29 is 34.5 Å². The molecule has 0 spiro atoms. The van der Waals surface area contributed by atoms with Crippen LogP contribution < -0.4 is 16.0 Å². The zero-order valence-electron chi connectivity index (χ0n) is 22.6. The standard InChI is InChI=1S/C29H38N4O7/c1-2-3-13-33(18-22(27(36)37)16-31-26(35)24-15-23(34)17-30-24)29(40)32-25(28(38)39)14-19-9-11-21(12-10-19)20-7-5-4-6-8-20/h4-12,22-25,30,34H,2-3,13-18H2,1H3,(H,31,35)(H,32,40)(H,36,37)(H,38,39)/t22-,23-,24+,25+/m1/s1. The fourth-order valence-electron chi connectivity index (χ4n) is 4.52. The van der Waals surface area contributed by atoms with E-state index in [1.54, 1.807) is 0 Å². The first-order valence-corrected chi connectivity index (χ1v) is 13.5. The SMILES string of the molecule is CCCCN(C[C@@H](CNC(=O)[C@@H]1C[C@@H](O)CN1)C(=O)O)C(=O)N[C@@H](Cc1ccc(-c2ccccc2)cc1)C(=O)O. The molecule has 40 heavy (non-hydrogen) atoms. The molecule has 1 saturated heterocycles. The van der Waals surface area contributed by atoms with E-state index in [2.05, 4.69) is 16.0 Å². The van der Waals surface area contributed by atoms with Crippen LogP contribution in [0.25, 0.3) is 11.1 Å². The Balaban J connectivity index is 1.63. The van der Waals surface area contributed by atoms with Crippen molar-refractivity contribution in [2.24, 2.45) is 5.92 Å². The largest absolute Gasteiger partial charge is 0.481 e. The Hall–Kier alpha value is -3.96. The van der Waals surface area contributed by atoms with Crippen molar-refractivity contribution >= 4 is 23.9 Å². The molecule has 0 unspecified atom stereocenters. The molecule has 0 aromatic heterocycles. The van der Waals surface area contributed by atoms with E-state index in [0.29, 0.717) is 6.42 Å². The number of benzene rings is 2.